The molecule has 0 radical (unpaired) electrons. The van der Waals surface area contributed by atoms with Crippen LogP contribution in [0.3, 0.4) is 0 Å². The zero-order valence-corrected chi connectivity index (χ0v) is 15.3. The Morgan fingerprint density at radius 2 is 1.61 bits per heavy atom. The lowest BCUT2D eigenvalue weighted by molar-refractivity contribution is 0.0526. The smallest absolute Gasteiger partial charge is 0.338 e. The van der Waals surface area contributed by atoms with Gasteiger partial charge in [0.2, 0.25) is 0 Å². The summed E-state index contributed by atoms with van der Waals surface area (Å²) in [6, 6.07) is 11.8. The minimum atomic E-state index is -0.722. The Hall–Kier alpha value is -3.55. The maximum atomic E-state index is 13.8. The molecule has 0 saturated heterocycles. The van der Waals surface area contributed by atoms with Crippen molar-refractivity contribution < 1.29 is 18.3 Å². The average Bonchev–Trinajstić information content (AvgIpc) is 2.65. The molecule has 0 aliphatic rings. The number of hydrogen-bond acceptors (Lipinski definition) is 6. The average molecular weight is 384 g/mol. The van der Waals surface area contributed by atoms with Crippen LogP contribution in [0.1, 0.15) is 23.1 Å². The second kappa shape index (κ2) is 8.43. The van der Waals surface area contributed by atoms with E-state index < -0.39 is 17.6 Å². The number of nitrogens with one attached hydrogen (secondary N) is 2. The highest BCUT2D eigenvalue weighted by Gasteiger charge is 2.11. The number of benzene rings is 2. The summed E-state index contributed by atoms with van der Waals surface area (Å²) < 4.78 is 32.6. The molecule has 28 heavy (non-hydrogen) atoms. The van der Waals surface area contributed by atoms with Gasteiger partial charge in [-0.15, -0.1) is 0 Å². The van der Waals surface area contributed by atoms with Gasteiger partial charge in [0.05, 0.1) is 12.2 Å². The normalized spacial score (nSPS) is 10.4. The Bertz CT molecular complexity index is 974. The molecule has 0 fully saturated rings. The third-order valence-electron chi connectivity index (χ3n) is 3.72. The molecule has 6 nitrogen and oxygen atoms in total. The molecule has 3 aromatic rings. The van der Waals surface area contributed by atoms with Gasteiger partial charge in [0.1, 0.15) is 34.8 Å². The van der Waals surface area contributed by atoms with E-state index >= 15 is 0 Å². The third kappa shape index (κ3) is 4.59. The van der Waals surface area contributed by atoms with E-state index in [2.05, 4.69) is 20.6 Å². The highest BCUT2D eigenvalue weighted by molar-refractivity contribution is 5.89. The van der Waals surface area contributed by atoms with Crippen LogP contribution in [0, 0.1) is 18.6 Å². The molecule has 0 bridgehead atoms. The summed E-state index contributed by atoms with van der Waals surface area (Å²) in [6.07, 6.45) is 0. The highest BCUT2D eigenvalue weighted by atomic mass is 19.1. The first-order valence-corrected chi connectivity index (χ1v) is 8.57. The van der Waals surface area contributed by atoms with Crippen molar-refractivity contribution >= 4 is 29.0 Å². The van der Waals surface area contributed by atoms with E-state index in [-0.39, 0.29) is 11.5 Å². The van der Waals surface area contributed by atoms with Crippen LogP contribution in [-0.4, -0.2) is 22.5 Å². The van der Waals surface area contributed by atoms with Gasteiger partial charge in [0.25, 0.3) is 0 Å². The van der Waals surface area contributed by atoms with Crippen molar-refractivity contribution in [3.8, 4) is 0 Å². The van der Waals surface area contributed by atoms with Crippen LogP contribution in [0.15, 0.2) is 48.5 Å². The predicted molar refractivity (Wildman–Crippen MR) is 102 cm³/mol. The fraction of sp³-hybridized carbons (Fsp3) is 0.150. The summed E-state index contributed by atoms with van der Waals surface area (Å²) in [5.74, 6) is -0.767. The van der Waals surface area contributed by atoms with Crippen molar-refractivity contribution in [2.24, 2.45) is 0 Å². The van der Waals surface area contributed by atoms with Gasteiger partial charge in [-0.05, 0) is 50.2 Å². The number of esters is 1. The second-order valence-corrected chi connectivity index (χ2v) is 5.83. The highest BCUT2D eigenvalue weighted by Crippen LogP contribution is 2.24. The van der Waals surface area contributed by atoms with Crippen LogP contribution < -0.4 is 10.6 Å². The Kier molecular flexibility index (Phi) is 5.78. The monoisotopic (exact) mass is 384 g/mol. The van der Waals surface area contributed by atoms with Crippen molar-refractivity contribution in [1.29, 1.82) is 0 Å². The van der Waals surface area contributed by atoms with Crippen molar-refractivity contribution in [3.05, 3.63) is 71.6 Å². The van der Waals surface area contributed by atoms with Gasteiger partial charge in [-0.2, -0.15) is 0 Å². The fourth-order valence-corrected chi connectivity index (χ4v) is 2.49. The molecule has 0 atom stereocenters. The summed E-state index contributed by atoms with van der Waals surface area (Å²) in [5, 5.41) is 5.71. The molecule has 1 aromatic heterocycles. The zero-order chi connectivity index (χ0) is 20.1. The third-order valence-corrected chi connectivity index (χ3v) is 3.72. The topological polar surface area (TPSA) is 76.1 Å². The largest absolute Gasteiger partial charge is 0.462 e. The van der Waals surface area contributed by atoms with Crippen LogP contribution in [0.25, 0.3) is 0 Å². The summed E-state index contributed by atoms with van der Waals surface area (Å²) in [7, 11) is 0. The quantitative estimate of drug-likeness (QED) is 0.599. The maximum Gasteiger partial charge on any atom is 0.338 e. The molecule has 2 N–H and O–H groups in total. The lowest BCUT2D eigenvalue weighted by atomic mass is 10.2. The van der Waals surface area contributed by atoms with Crippen molar-refractivity contribution in [1.82, 2.24) is 9.97 Å². The number of aryl methyl sites for hydroxylation is 1. The van der Waals surface area contributed by atoms with E-state index in [0.717, 1.165) is 12.1 Å². The van der Waals surface area contributed by atoms with Crippen LogP contribution >= 0.6 is 0 Å². The van der Waals surface area contributed by atoms with E-state index in [1.807, 2.05) is 0 Å². The summed E-state index contributed by atoms with van der Waals surface area (Å²) >= 11 is 0. The van der Waals surface area contributed by atoms with Crippen LogP contribution in [0.4, 0.5) is 31.8 Å². The minimum Gasteiger partial charge on any atom is -0.462 e. The molecule has 144 valence electrons. The minimum absolute atomic E-state index is 0.238. The molecule has 0 aliphatic heterocycles. The van der Waals surface area contributed by atoms with E-state index in [1.54, 1.807) is 38.1 Å². The number of anilines is 4. The molecular weight excluding hydrogens is 366 g/mol. The molecule has 0 unspecified atom stereocenters. The van der Waals surface area contributed by atoms with Crippen LogP contribution in [0.5, 0.6) is 0 Å². The number of aromatic nitrogens is 2. The van der Waals surface area contributed by atoms with Gasteiger partial charge >= 0.3 is 5.97 Å². The lowest BCUT2D eigenvalue weighted by Crippen LogP contribution is -2.05. The number of rotatable bonds is 6. The standard InChI is InChI=1S/C20H18F2N4O2/c1-3-28-20(27)13-7-9-14(10-8-13)25-17-11-18(24-12(2)23-17)26-19-15(21)5-4-6-16(19)22/h4-11H,3H2,1-2H3,(H2,23,24,25,26). The molecule has 0 spiro atoms. The summed E-state index contributed by atoms with van der Waals surface area (Å²) in [4.78, 5) is 20.1. The van der Waals surface area contributed by atoms with Gasteiger partial charge in [0.15, 0.2) is 0 Å². The maximum absolute atomic E-state index is 13.8. The molecule has 8 heteroatoms. The number of para-hydroxylation sites is 1. The number of halogens is 2. The van der Waals surface area contributed by atoms with Crippen LogP contribution in [0.2, 0.25) is 0 Å². The molecule has 3 rings (SSSR count). The van der Waals surface area contributed by atoms with Gasteiger partial charge in [-0.25, -0.2) is 23.5 Å². The Morgan fingerprint density at radius 3 is 2.21 bits per heavy atom. The van der Waals surface area contributed by atoms with Crippen molar-refractivity contribution in [2.75, 3.05) is 17.2 Å². The molecule has 1 heterocycles. The molecule has 0 saturated carbocycles. The number of hydrogen-bond donors (Lipinski definition) is 2. The Balaban J connectivity index is 1.79. The summed E-state index contributed by atoms with van der Waals surface area (Å²) in [6.45, 7) is 3.71. The Morgan fingerprint density at radius 1 is 1.00 bits per heavy atom. The van der Waals surface area contributed by atoms with E-state index in [0.29, 0.717) is 29.5 Å². The van der Waals surface area contributed by atoms with Gasteiger partial charge < -0.3 is 15.4 Å². The fourth-order valence-electron chi connectivity index (χ4n) is 2.49. The molecular formula is C20H18F2N4O2. The van der Waals surface area contributed by atoms with E-state index in [1.165, 1.54) is 12.1 Å². The SMILES string of the molecule is CCOC(=O)c1ccc(Nc2cc(Nc3c(F)cccc3F)nc(C)n2)cc1. The van der Waals surface area contributed by atoms with Gasteiger partial charge in [-0.1, -0.05) is 6.07 Å². The number of carbonyl (C=O) groups is 1. The predicted octanol–water partition coefficient (Wildman–Crippen LogP) is 4.73. The van der Waals surface area contributed by atoms with E-state index in [4.69, 9.17) is 4.74 Å². The van der Waals surface area contributed by atoms with Gasteiger partial charge in [-0.3, -0.25) is 0 Å². The van der Waals surface area contributed by atoms with Crippen LogP contribution in [-0.2, 0) is 4.74 Å². The van der Waals surface area contributed by atoms with Gasteiger partial charge in [0, 0.05) is 11.8 Å². The van der Waals surface area contributed by atoms with Crippen molar-refractivity contribution in [3.63, 3.8) is 0 Å². The second-order valence-electron chi connectivity index (χ2n) is 5.83. The van der Waals surface area contributed by atoms with Crippen molar-refractivity contribution in [2.45, 2.75) is 13.8 Å². The molecule has 0 aliphatic carbocycles. The number of nitrogens with zero attached hydrogens (tertiary/aromatic N) is 2. The molecule has 0 amide bonds. The number of carbonyl (C=O) groups excluding carboxylic acids is 1. The number of ether oxygens (including phenoxy) is 1. The first-order valence-electron chi connectivity index (χ1n) is 8.57. The Labute approximate surface area is 160 Å². The molecule has 2 aromatic carbocycles. The first kappa shape index (κ1) is 19.2. The zero-order valence-electron chi connectivity index (χ0n) is 15.3. The lowest BCUT2D eigenvalue weighted by Gasteiger charge is -2.11. The summed E-state index contributed by atoms with van der Waals surface area (Å²) in [5.41, 5.74) is 0.822. The van der Waals surface area contributed by atoms with E-state index in [9.17, 15) is 13.6 Å². The first-order chi connectivity index (χ1) is 13.5.